The van der Waals surface area contributed by atoms with Crippen LogP contribution in [0.1, 0.15) is 24.2 Å². The zero-order valence-electron chi connectivity index (χ0n) is 10.6. The van der Waals surface area contributed by atoms with Crippen molar-refractivity contribution in [3.8, 4) is 0 Å². The van der Waals surface area contributed by atoms with Gasteiger partial charge in [-0.3, -0.25) is 4.79 Å². The van der Waals surface area contributed by atoms with Gasteiger partial charge in [-0.25, -0.2) is 9.78 Å². The van der Waals surface area contributed by atoms with E-state index in [2.05, 4.69) is 21.6 Å². The van der Waals surface area contributed by atoms with Crippen LogP contribution in [-0.4, -0.2) is 28.8 Å². The van der Waals surface area contributed by atoms with Crippen molar-refractivity contribution in [1.82, 2.24) is 9.97 Å². The standard InChI is InChI=1S/C8H10N2O3S.C2H5.Na/c1-3-13-7(12)5-4-9-8(14-2)10-6(5)11;1-2;/h4H,3H2,1-2H3,(H,9,10,11);1H2,2H3;/q;-1;+1. The summed E-state index contributed by atoms with van der Waals surface area (Å²) in [6, 6.07) is 0. The van der Waals surface area contributed by atoms with E-state index in [-0.39, 0.29) is 41.7 Å². The molecule has 1 heterocycles. The van der Waals surface area contributed by atoms with Crippen molar-refractivity contribution < 1.29 is 39.1 Å². The average Bonchev–Trinajstić information content (AvgIpc) is 2.31. The van der Waals surface area contributed by atoms with Crippen molar-refractivity contribution in [1.29, 1.82) is 0 Å². The third-order valence-corrected chi connectivity index (χ3v) is 2.06. The first-order valence-corrected chi connectivity index (χ1v) is 5.92. The average molecular weight is 266 g/mol. The molecule has 0 aliphatic rings. The Balaban J connectivity index is 0. The molecule has 1 N–H and O–H groups in total. The molecule has 17 heavy (non-hydrogen) atoms. The van der Waals surface area contributed by atoms with Crippen LogP contribution in [0.2, 0.25) is 0 Å². The molecule has 0 aromatic carbocycles. The Labute approximate surface area is 127 Å². The fourth-order valence-corrected chi connectivity index (χ4v) is 1.19. The molecule has 0 aliphatic carbocycles. The number of rotatable bonds is 3. The van der Waals surface area contributed by atoms with E-state index >= 15 is 0 Å². The maximum Gasteiger partial charge on any atom is 1.00 e. The summed E-state index contributed by atoms with van der Waals surface area (Å²) in [5.74, 6) is -0.645. The van der Waals surface area contributed by atoms with Gasteiger partial charge < -0.3 is 16.6 Å². The van der Waals surface area contributed by atoms with E-state index in [1.54, 1.807) is 20.1 Å². The van der Waals surface area contributed by atoms with Crippen LogP contribution < -0.4 is 35.1 Å². The topological polar surface area (TPSA) is 72.0 Å². The van der Waals surface area contributed by atoms with E-state index < -0.39 is 11.5 Å². The third-order valence-electron chi connectivity index (χ3n) is 1.46. The van der Waals surface area contributed by atoms with Crippen molar-refractivity contribution in [2.45, 2.75) is 19.0 Å². The molecule has 0 saturated heterocycles. The van der Waals surface area contributed by atoms with E-state index in [4.69, 9.17) is 0 Å². The minimum Gasteiger partial charge on any atom is -0.462 e. The van der Waals surface area contributed by atoms with Gasteiger partial charge in [0.05, 0.1) is 6.61 Å². The second kappa shape index (κ2) is 10.8. The van der Waals surface area contributed by atoms with Gasteiger partial charge in [0.2, 0.25) is 0 Å². The van der Waals surface area contributed by atoms with Gasteiger partial charge in [-0.1, -0.05) is 11.8 Å². The first kappa shape index (κ1) is 19.0. The normalized spacial score (nSPS) is 8.47. The second-order valence-corrected chi connectivity index (χ2v) is 3.15. The van der Waals surface area contributed by atoms with Gasteiger partial charge in [-0.2, -0.15) is 6.92 Å². The van der Waals surface area contributed by atoms with Crippen LogP contribution in [0.3, 0.4) is 0 Å². The Bertz CT molecular complexity index is 395. The summed E-state index contributed by atoms with van der Waals surface area (Å²) in [7, 11) is 0. The molecule has 0 saturated carbocycles. The number of aromatic amines is 1. The first-order valence-electron chi connectivity index (χ1n) is 4.70. The maximum atomic E-state index is 11.3. The predicted molar refractivity (Wildman–Crippen MR) is 63.6 cm³/mol. The van der Waals surface area contributed by atoms with Crippen LogP contribution in [0.4, 0.5) is 0 Å². The Hall–Kier alpha value is -0.300. The number of aromatic nitrogens is 2. The molecule has 1 rings (SSSR count). The van der Waals surface area contributed by atoms with E-state index in [0.29, 0.717) is 5.16 Å². The number of carbonyl (C=O) groups excluding carboxylic acids is 1. The minimum atomic E-state index is -0.645. The largest absolute Gasteiger partial charge is 1.00 e. The summed E-state index contributed by atoms with van der Waals surface area (Å²) < 4.78 is 4.68. The summed E-state index contributed by atoms with van der Waals surface area (Å²) in [6.07, 6.45) is 3.00. The zero-order chi connectivity index (χ0) is 12.6. The summed E-state index contributed by atoms with van der Waals surface area (Å²) in [4.78, 5) is 28.8. The van der Waals surface area contributed by atoms with Gasteiger partial charge in [0, 0.05) is 6.20 Å². The monoisotopic (exact) mass is 266 g/mol. The molecule has 7 heteroatoms. The number of nitrogens with one attached hydrogen (secondary N) is 1. The first-order chi connectivity index (χ1) is 7.69. The molecule has 90 valence electrons. The van der Waals surface area contributed by atoms with Gasteiger partial charge in [0.15, 0.2) is 5.16 Å². The van der Waals surface area contributed by atoms with Gasteiger partial charge in [0.1, 0.15) is 5.56 Å². The van der Waals surface area contributed by atoms with Crippen LogP contribution in [0.15, 0.2) is 16.1 Å². The smallest absolute Gasteiger partial charge is 0.462 e. The van der Waals surface area contributed by atoms with E-state index in [1.807, 2.05) is 0 Å². The third kappa shape index (κ3) is 6.26. The van der Waals surface area contributed by atoms with Crippen LogP contribution in [0.25, 0.3) is 0 Å². The summed E-state index contributed by atoms with van der Waals surface area (Å²) in [6.45, 7) is 6.92. The Morgan fingerprint density at radius 1 is 1.59 bits per heavy atom. The molecule has 0 atom stereocenters. The molecule has 0 bridgehead atoms. The van der Waals surface area contributed by atoms with Gasteiger partial charge in [-0.15, -0.1) is 0 Å². The number of carbonyl (C=O) groups is 1. The van der Waals surface area contributed by atoms with Crippen molar-refractivity contribution in [3.05, 3.63) is 29.0 Å². The van der Waals surface area contributed by atoms with E-state index in [9.17, 15) is 9.59 Å². The quantitative estimate of drug-likeness (QED) is 0.237. The summed E-state index contributed by atoms with van der Waals surface area (Å²) >= 11 is 1.30. The number of ether oxygens (including phenoxy) is 1. The molecule has 0 spiro atoms. The summed E-state index contributed by atoms with van der Waals surface area (Å²) in [5.41, 5.74) is -0.535. The van der Waals surface area contributed by atoms with Crippen molar-refractivity contribution in [2.75, 3.05) is 12.9 Å². The van der Waals surface area contributed by atoms with Crippen LogP contribution in [0, 0.1) is 6.92 Å². The molecule has 0 radical (unpaired) electrons. The Kier molecular flexibility index (Phi) is 12.1. The van der Waals surface area contributed by atoms with Crippen molar-refractivity contribution in [2.24, 2.45) is 0 Å². The number of esters is 1. The van der Waals surface area contributed by atoms with Gasteiger partial charge >= 0.3 is 35.5 Å². The minimum absolute atomic E-state index is 0. The number of hydrogen-bond acceptors (Lipinski definition) is 5. The second-order valence-electron chi connectivity index (χ2n) is 2.36. The number of H-pyrrole nitrogens is 1. The van der Waals surface area contributed by atoms with Crippen molar-refractivity contribution in [3.63, 3.8) is 0 Å². The number of hydrogen-bond donors (Lipinski definition) is 1. The fourth-order valence-electron chi connectivity index (χ4n) is 0.837. The molecular weight excluding hydrogens is 251 g/mol. The Morgan fingerprint density at radius 2 is 2.18 bits per heavy atom. The zero-order valence-corrected chi connectivity index (χ0v) is 13.4. The van der Waals surface area contributed by atoms with Crippen molar-refractivity contribution >= 4 is 17.7 Å². The van der Waals surface area contributed by atoms with Gasteiger partial charge in [-0.05, 0) is 13.2 Å². The molecule has 1 aromatic rings. The maximum absolute atomic E-state index is 11.3. The molecule has 5 nitrogen and oxygen atoms in total. The van der Waals surface area contributed by atoms with E-state index in [1.165, 1.54) is 18.0 Å². The molecular formula is C10H15N2NaO3S. The molecule has 1 aromatic heterocycles. The summed E-state index contributed by atoms with van der Waals surface area (Å²) in [5, 5.41) is 0.475. The molecule has 0 amide bonds. The predicted octanol–water partition coefficient (Wildman–Crippen LogP) is -1.49. The molecule has 0 fully saturated rings. The van der Waals surface area contributed by atoms with Crippen LogP contribution in [0.5, 0.6) is 0 Å². The van der Waals surface area contributed by atoms with Crippen LogP contribution >= 0.6 is 11.8 Å². The van der Waals surface area contributed by atoms with Crippen LogP contribution in [-0.2, 0) is 4.74 Å². The molecule has 0 aliphatic heterocycles. The fraction of sp³-hybridized carbons (Fsp3) is 0.400. The number of nitrogens with zero attached hydrogens (tertiary/aromatic N) is 1. The molecule has 0 unspecified atom stereocenters. The SMILES string of the molecule is CCOC(=O)c1cnc(SC)[nH]c1=O.[CH2-]C.[Na+]. The van der Waals surface area contributed by atoms with Gasteiger partial charge in [0.25, 0.3) is 5.56 Å². The van der Waals surface area contributed by atoms with E-state index in [0.717, 1.165) is 0 Å². The Morgan fingerprint density at radius 3 is 2.59 bits per heavy atom. The number of thioether (sulfide) groups is 1.